The molecule has 1 aliphatic heterocycles. The van der Waals surface area contributed by atoms with E-state index in [2.05, 4.69) is 11.4 Å². The molecule has 0 aliphatic carbocycles. The number of benzene rings is 1. The van der Waals surface area contributed by atoms with Crippen LogP contribution < -0.4 is 11.1 Å². The minimum atomic E-state index is 0.421. The lowest BCUT2D eigenvalue weighted by molar-refractivity contribution is 0.648. The fourth-order valence-corrected chi connectivity index (χ4v) is 1.87. The number of nitrogens with one attached hydrogen (secondary N) is 1. The minimum Gasteiger partial charge on any atom is -0.398 e. The van der Waals surface area contributed by atoms with Gasteiger partial charge in [-0.05, 0) is 37.1 Å². The summed E-state index contributed by atoms with van der Waals surface area (Å²) in [5, 5.41) is 12.1. The van der Waals surface area contributed by atoms with Crippen molar-refractivity contribution >= 4 is 5.69 Å². The molecule has 1 heterocycles. The van der Waals surface area contributed by atoms with Crippen LogP contribution in [0.5, 0.6) is 0 Å². The summed E-state index contributed by atoms with van der Waals surface area (Å²) in [6, 6.07) is 8.17. The van der Waals surface area contributed by atoms with Gasteiger partial charge in [0.1, 0.15) is 6.07 Å². The zero-order chi connectivity index (χ0) is 9.97. The number of anilines is 1. The van der Waals surface area contributed by atoms with E-state index < -0.39 is 0 Å². The average molecular weight is 187 g/mol. The third-order valence-corrected chi connectivity index (χ3v) is 2.66. The highest BCUT2D eigenvalue weighted by Gasteiger charge is 2.16. The van der Waals surface area contributed by atoms with Gasteiger partial charge in [0.05, 0.1) is 5.56 Å². The molecule has 1 aromatic carbocycles. The van der Waals surface area contributed by atoms with Gasteiger partial charge in [0, 0.05) is 11.7 Å². The molecular formula is C11H13N3. The van der Waals surface area contributed by atoms with Crippen molar-refractivity contribution in [2.45, 2.75) is 18.9 Å². The summed E-state index contributed by atoms with van der Waals surface area (Å²) in [5.41, 5.74) is 8.09. The van der Waals surface area contributed by atoms with Gasteiger partial charge >= 0.3 is 0 Å². The molecule has 1 atom stereocenters. The Morgan fingerprint density at radius 3 is 2.93 bits per heavy atom. The van der Waals surface area contributed by atoms with E-state index in [-0.39, 0.29) is 0 Å². The van der Waals surface area contributed by atoms with E-state index in [1.807, 2.05) is 12.1 Å². The Bertz CT molecular complexity index is 373. The molecule has 3 N–H and O–H groups in total. The smallest absolute Gasteiger partial charge is 0.101 e. The average Bonchev–Trinajstić information content (AvgIpc) is 2.70. The largest absolute Gasteiger partial charge is 0.398 e. The van der Waals surface area contributed by atoms with Crippen LogP contribution >= 0.6 is 0 Å². The summed E-state index contributed by atoms with van der Waals surface area (Å²) < 4.78 is 0. The van der Waals surface area contributed by atoms with Crippen molar-refractivity contribution in [3.63, 3.8) is 0 Å². The molecule has 3 nitrogen and oxygen atoms in total. The van der Waals surface area contributed by atoms with Crippen LogP contribution in [0.1, 0.15) is 30.0 Å². The van der Waals surface area contributed by atoms with Gasteiger partial charge in [-0.2, -0.15) is 5.26 Å². The SMILES string of the molecule is N#Cc1ccc([C@H]2CCCN2)cc1N. The zero-order valence-corrected chi connectivity index (χ0v) is 7.96. The Morgan fingerprint density at radius 1 is 1.50 bits per heavy atom. The van der Waals surface area contributed by atoms with Gasteiger partial charge in [0.25, 0.3) is 0 Å². The molecule has 1 fully saturated rings. The number of nitrogens with zero attached hydrogens (tertiary/aromatic N) is 1. The fourth-order valence-electron chi connectivity index (χ4n) is 1.87. The molecule has 72 valence electrons. The normalized spacial score (nSPS) is 20.6. The summed E-state index contributed by atoms with van der Waals surface area (Å²) in [6.45, 7) is 1.07. The molecule has 0 spiro atoms. The Balaban J connectivity index is 2.28. The Labute approximate surface area is 83.5 Å². The molecule has 2 rings (SSSR count). The number of nitrogen functional groups attached to an aromatic ring is 1. The number of hydrogen-bond donors (Lipinski definition) is 2. The molecule has 14 heavy (non-hydrogen) atoms. The number of rotatable bonds is 1. The van der Waals surface area contributed by atoms with Gasteiger partial charge in [-0.25, -0.2) is 0 Å². The summed E-state index contributed by atoms with van der Waals surface area (Å²) in [4.78, 5) is 0. The molecule has 0 bridgehead atoms. The van der Waals surface area contributed by atoms with Crippen LogP contribution in [0.25, 0.3) is 0 Å². The number of nitriles is 1. The summed E-state index contributed by atoms with van der Waals surface area (Å²) >= 11 is 0. The minimum absolute atomic E-state index is 0.421. The first-order chi connectivity index (χ1) is 6.81. The van der Waals surface area contributed by atoms with Gasteiger partial charge in [0.15, 0.2) is 0 Å². The highest BCUT2D eigenvalue weighted by atomic mass is 14.9. The lowest BCUT2D eigenvalue weighted by Crippen LogP contribution is -2.13. The summed E-state index contributed by atoms with van der Waals surface area (Å²) in [6.07, 6.45) is 2.37. The van der Waals surface area contributed by atoms with Crippen LogP contribution in [0.2, 0.25) is 0 Å². The van der Waals surface area contributed by atoms with Gasteiger partial charge < -0.3 is 11.1 Å². The van der Waals surface area contributed by atoms with E-state index >= 15 is 0 Å². The molecule has 0 unspecified atom stereocenters. The lowest BCUT2D eigenvalue weighted by atomic mass is 10.0. The maximum absolute atomic E-state index is 8.73. The van der Waals surface area contributed by atoms with Crippen LogP contribution in [0.3, 0.4) is 0 Å². The van der Waals surface area contributed by atoms with Crippen LogP contribution in [0.15, 0.2) is 18.2 Å². The first-order valence-electron chi connectivity index (χ1n) is 4.84. The highest BCUT2D eigenvalue weighted by molar-refractivity contribution is 5.55. The third-order valence-electron chi connectivity index (χ3n) is 2.66. The van der Waals surface area contributed by atoms with E-state index in [1.165, 1.54) is 12.0 Å². The van der Waals surface area contributed by atoms with Crippen LogP contribution in [0.4, 0.5) is 5.69 Å². The Kier molecular flexibility index (Phi) is 2.38. The summed E-state index contributed by atoms with van der Waals surface area (Å²) in [5.74, 6) is 0. The highest BCUT2D eigenvalue weighted by Crippen LogP contribution is 2.25. The van der Waals surface area contributed by atoms with Gasteiger partial charge in [-0.3, -0.25) is 0 Å². The van der Waals surface area contributed by atoms with Crippen molar-refractivity contribution in [2.24, 2.45) is 0 Å². The fraction of sp³-hybridized carbons (Fsp3) is 0.364. The van der Waals surface area contributed by atoms with Crippen LogP contribution in [-0.2, 0) is 0 Å². The zero-order valence-electron chi connectivity index (χ0n) is 7.96. The molecule has 0 radical (unpaired) electrons. The molecule has 1 aliphatic rings. The van der Waals surface area contributed by atoms with E-state index in [9.17, 15) is 0 Å². The molecule has 1 aromatic rings. The predicted octanol–water partition coefficient (Wildman–Crippen LogP) is 1.56. The van der Waals surface area contributed by atoms with Gasteiger partial charge in [-0.1, -0.05) is 6.07 Å². The Morgan fingerprint density at radius 2 is 2.36 bits per heavy atom. The van der Waals surface area contributed by atoms with Gasteiger partial charge in [0.2, 0.25) is 0 Å². The second-order valence-corrected chi connectivity index (χ2v) is 3.61. The predicted molar refractivity (Wildman–Crippen MR) is 55.5 cm³/mol. The maximum atomic E-state index is 8.73. The summed E-state index contributed by atoms with van der Waals surface area (Å²) in [7, 11) is 0. The molecule has 0 amide bonds. The first kappa shape index (κ1) is 9.04. The van der Waals surface area contributed by atoms with Crippen molar-refractivity contribution in [1.82, 2.24) is 5.32 Å². The van der Waals surface area contributed by atoms with E-state index in [1.54, 1.807) is 6.07 Å². The van der Waals surface area contributed by atoms with Crippen molar-refractivity contribution in [3.8, 4) is 6.07 Å². The molecule has 1 saturated heterocycles. The second kappa shape index (κ2) is 3.69. The standard InChI is InChI=1S/C11H13N3/c12-7-9-4-3-8(6-10(9)13)11-2-1-5-14-11/h3-4,6,11,14H,1-2,5,13H2/t11-/m1/s1. The molecule has 0 aromatic heterocycles. The van der Waals surface area contributed by atoms with E-state index in [0.29, 0.717) is 17.3 Å². The molecule has 0 saturated carbocycles. The monoisotopic (exact) mass is 187 g/mol. The number of hydrogen-bond acceptors (Lipinski definition) is 3. The second-order valence-electron chi connectivity index (χ2n) is 3.61. The van der Waals surface area contributed by atoms with E-state index in [0.717, 1.165) is 13.0 Å². The van der Waals surface area contributed by atoms with Crippen LogP contribution in [-0.4, -0.2) is 6.54 Å². The van der Waals surface area contributed by atoms with Crippen molar-refractivity contribution < 1.29 is 0 Å². The molecule has 3 heteroatoms. The van der Waals surface area contributed by atoms with Crippen molar-refractivity contribution in [2.75, 3.05) is 12.3 Å². The maximum Gasteiger partial charge on any atom is 0.101 e. The van der Waals surface area contributed by atoms with E-state index in [4.69, 9.17) is 11.0 Å². The van der Waals surface area contributed by atoms with Crippen LogP contribution in [0, 0.1) is 11.3 Å². The van der Waals surface area contributed by atoms with Crippen molar-refractivity contribution in [1.29, 1.82) is 5.26 Å². The van der Waals surface area contributed by atoms with Crippen molar-refractivity contribution in [3.05, 3.63) is 29.3 Å². The third kappa shape index (κ3) is 1.57. The number of nitrogens with two attached hydrogens (primary N) is 1. The molecular weight excluding hydrogens is 174 g/mol. The first-order valence-corrected chi connectivity index (χ1v) is 4.84. The topological polar surface area (TPSA) is 61.8 Å². The Hall–Kier alpha value is -1.53. The van der Waals surface area contributed by atoms with Gasteiger partial charge in [-0.15, -0.1) is 0 Å². The quantitative estimate of drug-likeness (QED) is 0.656. The lowest BCUT2D eigenvalue weighted by Gasteiger charge is -2.11.